The van der Waals surface area contributed by atoms with Gasteiger partial charge in [-0.15, -0.1) is 0 Å². The molecule has 0 aliphatic rings. The lowest BCUT2D eigenvalue weighted by atomic mass is 9.92. The van der Waals surface area contributed by atoms with E-state index in [9.17, 15) is 0 Å². The van der Waals surface area contributed by atoms with Crippen LogP contribution in [0.4, 0.5) is 0 Å². The SMILES string of the molecule is CCOC(c1cn(-c2nc(C)cc(C)n2)c2cnc(-c3c(CC)cccc3CC)cc12)C(C)CC. The summed E-state index contributed by atoms with van der Waals surface area (Å²) in [6.45, 7) is 15.7. The first-order chi connectivity index (χ1) is 16.9. The number of nitrogens with zero attached hydrogens (tertiary/aromatic N) is 4. The zero-order valence-corrected chi connectivity index (χ0v) is 22.2. The highest BCUT2D eigenvalue weighted by Gasteiger charge is 2.25. The normalized spacial score (nSPS) is 13.3. The third kappa shape index (κ3) is 4.87. The number of aryl methyl sites for hydroxylation is 4. The lowest BCUT2D eigenvalue weighted by molar-refractivity contribution is 0.0236. The van der Waals surface area contributed by atoms with Crippen LogP contribution >= 0.6 is 0 Å². The van der Waals surface area contributed by atoms with Gasteiger partial charge in [0.05, 0.1) is 23.5 Å². The average molecular weight is 471 g/mol. The molecule has 3 heterocycles. The summed E-state index contributed by atoms with van der Waals surface area (Å²) in [4.78, 5) is 14.5. The lowest BCUT2D eigenvalue weighted by Gasteiger charge is -2.23. The van der Waals surface area contributed by atoms with Crippen LogP contribution in [0.3, 0.4) is 0 Å². The van der Waals surface area contributed by atoms with Gasteiger partial charge < -0.3 is 4.74 Å². The number of ether oxygens (including phenoxy) is 1. The van der Waals surface area contributed by atoms with Crippen molar-refractivity contribution in [3.63, 3.8) is 0 Å². The second-order valence-corrected chi connectivity index (χ2v) is 9.41. The van der Waals surface area contributed by atoms with Crippen LogP contribution in [0.5, 0.6) is 0 Å². The number of hydrogen-bond donors (Lipinski definition) is 0. The highest BCUT2D eigenvalue weighted by atomic mass is 16.5. The van der Waals surface area contributed by atoms with E-state index in [2.05, 4.69) is 69.6 Å². The van der Waals surface area contributed by atoms with Gasteiger partial charge in [0.1, 0.15) is 0 Å². The Morgan fingerprint density at radius 2 is 1.60 bits per heavy atom. The van der Waals surface area contributed by atoms with Crippen LogP contribution < -0.4 is 0 Å². The molecule has 0 saturated carbocycles. The lowest BCUT2D eigenvalue weighted by Crippen LogP contribution is -2.13. The highest BCUT2D eigenvalue weighted by Crippen LogP contribution is 2.38. The molecule has 0 bridgehead atoms. The molecule has 2 atom stereocenters. The summed E-state index contributed by atoms with van der Waals surface area (Å²) in [6, 6.07) is 10.9. The summed E-state index contributed by atoms with van der Waals surface area (Å²) in [7, 11) is 0. The Hall–Kier alpha value is -3.05. The maximum Gasteiger partial charge on any atom is 0.234 e. The first-order valence-corrected chi connectivity index (χ1v) is 13.0. The van der Waals surface area contributed by atoms with E-state index in [1.165, 1.54) is 22.3 Å². The van der Waals surface area contributed by atoms with Crippen LogP contribution in [0.25, 0.3) is 28.1 Å². The molecule has 0 radical (unpaired) electrons. The third-order valence-corrected chi connectivity index (χ3v) is 6.98. The van der Waals surface area contributed by atoms with E-state index in [4.69, 9.17) is 19.7 Å². The van der Waals surface area contributed by atoms with E-state index < -0.39 is 0 Å². The largest absolute Gasteiger partial charge is 0.373 e. The molecule has 184 valence electrons. The Bertz CT molecular complexity index is 1280. The molecule has 0 N–H and O–H groups in total. The quantitative estimate of drug-likeness (QED) is 0.257. The van der Waals surface area contributed by atoms with Gasteiger partial charge in [-0.25, -0.2) is 9.97 Å². The Kier molecular flexibility index (Phi) is 7.66. The molecule has 5 nitrogen and oxygen atoms in total. The molecule has 5 heteroatoms. The second-order valence-electron chi connectivity index (χ2n) is 9.41. The van der Waals surface area contributed by atoms with E-state index in [0.717, 1.165) is 47.2 Å². The molecule has 0 aliphatic carbocycles. The van der Waals surface area contributed by atoms with Gasteiger partial charge in [-0.1, -0.05) is 52.3 Å². The fourth-order valence-corrected chi connectivity index (χ4v) is 5.02. The Morgan fingerprint density at radius 1 is 0.943 bits per heavy atom. The Morgan fingerprint density at radius 3 is 2.17 bits per heavy atom. The average Bonchev–Trinajstić information content (AvgIpc) is 3.24. The van der Waals surface area contributed by atoms with Crippen molar-refractivity contribution in [1.82, 2.24) is 19.5 Å². The molecular weight excluding hydrogens is 432 g/mol. The number of fused-ring (bicyclic) bond motifs is 1. The van der Waals surface area contributed by atoms with E-state index in [-0.39, 0.29) is 6.10 Å². The van der Waals surface area contributed by atoms with Crippen LogP contribution in [-0.2, 0) is 17.6 Å². The summed E-state index contributed by atoms with van der Waals surface area (Å²) in [5.41, 5.74) is 9.03. The number of pyridine rings is 1. The predicted octanol–water partition coefficient (Wildman–Crippen LogP) is 7.35. The minimum Gasteiger partial charge on any atom is -0.373 e. The van der Waals surface area contributed by atoms with E-state index >= 15 is 0 Å². The number of rotatable bonds is 9. The first kappa shape index (κ1) is 25.1. The molecule has 0 aliphatic heterocycles. The van der Waals surface area contributed by atoms with Crippen molar-refractivity contribution < 1.29 is 4.74 Å². The maximum absolute atomic E-state index is 6.35. The van der Waals surface area contributed by atoms with Gasteiger partial charge in [0.2, 0.25) is 5.95 Å². The molecule has 35 heavy (non-hydrogen) atoms. The molecular formula is C30H38N4O. The summed E-state index contributed by atoms with van der Waals surface area (Å²) >= 11 is 0. The van der Waals surface area contributed by atoms with Crippen LogP contribution in [0.1, 0.15) is 75.2 Å². The van der Waals surface area contributed by atoms with Gasteiger partial charge in [-0.2, -0.15) is 0 Å². The van der Waals surface area contributed by atoms with E-state index in [0.29, 0.717) is 18.5 Å². The fourth-order valence-electron chi connectivity index (χ4n) is 5.02. The molecule has 0 spiro atoms. The van der Waals surface area contributed by atoms with E-state index in [1.54, 1.807) is 0 Å². The van der Waals surface area contributed by atoms with Gasteiger partial charge in [0.25, 0.3) is 0 Å². The zero-order chi connectivity index (χ0) is 25.1. The highest BCUT2D eigenvalue weighted by molar-refractivity contribution is 5.89. The minimum atomic E-state index is -0.0121. The van der Waals surface area contributed by atoms with Crippen LogP contribution in [0, 0.1) is 19.8 Å². The van der Waals surface area contributed by atoms with Gasteiger partial charge in [0.15, 0.2) is 0 Å². The molecule has 4 aromatic rings. The number of aromatic nitrogens is 4. The van der Waals surface area contributed by atoms with Gasteiger partial charge in [-0.05, 0) is 62.8 Å². The van der Waals surface area contributed by atoms with Gasteiger partial charge >= 0.3 is 0 Å². The standard InChI is InChI=1S/C30H38N4O/c1-8-19(5)29(35-11-4)25-18-34(30-32-20(6)15-21(7)33-30)27-17-31-26(16-24(25)27)28-22(9-2)13-12-14-23(28)10-3/h12-19,29H,8-11H2,1-7H3. The van der Waals surface area contributed by atoms with Crippen molar-refractivity contribution in [2.75, 3.05) is 6.61 Å². The number of benzene rings is 1. The monoisotopic (exact) mass is 470 g/mol. The molecule has 0 fully saturated rings. The third-order valence-electron chi connectivity index (χ3n) is 6.98. The predicted molar refractivity (Wildman–Crippen MR) is 144 cm³/mol. The van der Waals surface area contributed by atoms with Gasteiger partial charge in [-0.3, -0.25) is 9.55 Å². The molecule has 1 aromatic carbocycles. The Labute approximate surface area is 209 Å². The molecule has 0 saturated heterocycles. The maximum atomic E-state index is 6.35. The summed E-state index contributed by atoms with van der Waals surface area (Å²) in [6.07, 6.45) is 7.13. The smallest absolute Gasteiger partial charge is 0.234 e. The fraction of sp³-hybridized carbons (Fsp3) is 0.433. The van der Waals surface area contributed by atoms with E-state index in [1.807, 2.05) is 26.1 Å². The Balaban J connectivity index is 2.02. The molecule has 4 rings (SSSR count). The summed E-state index contributed by atoms with van der Waals surface area (Å²) in [5, 5.41) is 1.16. The minimum absolute atomic E-state index is 0.0121. The van der Waals surface area contributed by atoms with Gasteiger partial charge in [0, 0.05) is 40.7 Å². The van der Waals surface area contributed by atoms with Crippen LogP contribution in [-0.4, -0.2) is 26.1 Å². The second kappa shape index (κ2) is 10.7. The van der Waals surface area contributed by atoms with Crippen molar-refractivity contribution in [1.29, 1.82) is 0 Å². The summed E-state index contributed by atoms with van der Waals surface area (Å²) < 4.78 is 8.43. The van der Waals surface area contributed by atoms with Crippen molar-refractivity contribution in [3.8, 4) is 17.2 Å². The van der Waals surface area contributed by atoms with Crippen molar-refractivity contribution in [3.05, 3.63) is 70.8 Å². The topological polar surface area (TPSA) is 52.8 Å². The van der Waals surface area contributed by atoms with Crippen molar-refractivity contribution in [2.24, 2.45) is 5.92 Å². The van der Waals surface area contributed by atoms with Crippen molar-refractivity contribution in [2.45, 2.75) is 73.8 Å². The first-order valence-electron chi connectivity index (χ1n) is 13.0. The van der Waals surface area contributed by atoms with Crippen molar-refractivity contribution >= 4 is 10.9 Å². The van der Waals surface area contributed by atoms with Crippen LogP contribution in [0.15, 0.2) is 42.7 Å². The molecule has 2 unspecified atom stereocenters. The molecule has 0 amide bonds. The number of hydrogen-bond acceptors (Lipinski definition) is 4. The molecule has 3 aromatic heterocycles. The zero-order valence-electron chi connectivity index (χ0n) is 22.2. The summed E-state index contributed by atoms with van der Waals surface area (Å²) in [5.74, 6) is 1.05. The van der Waals surface area contributed by atoms with Crippen LogP contribution in [0.2, 0.25) is 0 Å².